The van der Waals surface area contributed by atoms with Crippen LogP contribution < -0.4 is 10.6 Å². The smallest absolute Gasteiger partial charge is 0.339 e. The largest absolute Gasteiger partial charge is 0.478 e. The number of amides is 2. The second kappa shape index (κ2) is 6.63. The van der Waals surface area contributed by atoms with Gasteiger partial charge in [-0.3, -0.25) is 0 Å². The van der Waals surface area contributed by atoms with E-state index in [9.17, 15) is 9.59 Å². The van der Waals surface area contributed by atoms with Crippen molar-refractivity contribution >= 4 is 12.0 Å². The number of nitrogens with one attached hydrogen (secondary N) is 2. The molecule has 1 unspecified atom stereocenters. The molecule has 2 amide bonds. The summed E-state index contributed by atoms with van der Waals surface area (Å²) in [4.78, 5) is 22.3. The zero-order valence-corrected chi connectivity index (χ0v) is 11.0. The van der Waals surface area contributed by atoms with Crippen molar-refractivity contribution in [2.75, 3.05) is 0 Å². The summed E-state index contributed by atoms with van der Waals surface area (Å²) in [6, 6.07) is 1.07. The second-order valence-electron chi connectivity index (χ2n) is 4.24. The molecule has 0 saturated heterocycles. The van der Waals surface area contributed by atoms with Crippen molar-refractivity contribution in [3.8, 4) is 0 Å². The lowest BCUT2D eigenvalue weighted by atomic mass is 10.2. The molecule has 19 heavy (non-hydrogen) atoms. The van der Waals surface area contributed by atoms with Crippen LogP contribution in [0.1, 0.15) is 35.2 Å². The minimum atomic E-state index is -1.04. The summed E-state index contributed by atoms with van der Waals surface area (Å²) in [6.45, 7) is 7.16. The first-order valence-electron chi connectivity index (χ1n) is 5.92. The SMILES string of the molecule is C=CCC(C)NC(=O)NCc1cc(C(=O)O)c(C)o1. The Hall–Kier alpha value is -2.24. The van der Waals surface area contributed by atoms with Crippen LogP contribution in [-0.4, -0.2) is 23.1 Å². The number of urea groups is 1. The number of carboxylic acids is 1. The molecule has 0 aliphatic heterocycles. The van der Waals surface area contributed by atoms with Gasteiger partial charge in [-0.05, 0) is 26.3 Å². The van der Waals surface area contributed by atoms with Gasteiger partial charge >= 0.3 is 12.0 Å². The molecule has 0 saturated carbocycles. The highest BCUT2D eigenvalue weighted by Gasteiger charge is 2.14. The molecule has 0 radical (unpaired) electrons. The predicted octanol–water partition coefficient (Wildman–Crippen LogP) is 2.05. The van der Waals surface area contributed by atoms with Gasteiger partial charge < -0.3 is 20.2 Å². The van der Waals surface area contributed by atoms with E-state index in [1.807, 2.05) is 6.92 Å². The van der Waals surface area contributed by atoms with E-state index in [1.54, 1.807) is 13.0 Å². The number of carbonyl (C=O) groups is 2. The van der Waals surface area contributed by atoms with E-state index in [2.05, 4.69) is 17.2 Å². The molecular weight excluding hydrogens is 248 g/mol. The van der Waals surface area contributed by atoms with Crippen molar-refractivity contribution in [1.29, 1.82) is 0 Å². The molecule has 0 bridgehead atoms. The first-order chi connectivity index (χ1) is 8.93. The normalized spacial score (nSPS) is 11.7. The summed E-state index contributed by atoms with van der Waals surface area (Å²) in [5.74, 6) is -0.317. The Kier molecular flexibility index (Phi) is 5.17. The molecule has 1 heterocycles. The van der Waals surface area contributed by atoms with Gasteiger partial charge in [-0.2, -0.15) is 0 Å². The van der Waals surface area contributed by atoms with Crippen molar-refractivity contribution in [3.05, 3.63) is 35.8 Å². The Labute approximate surface area is 111 Å². The third-order valence-electron chi connectivity index (χ3n) is 2.52. The quantitative estimate of drug-likeness (QED) is 0.687. The van der Waals surface area contributed by atoms with Crippen molar-refractivity contribution < 1.29 is 19.1 Å². The van der Waals surface area contributed by atoms with Crippen molar-refractivity contribution in [2.24, 2.45) is 0 Å². The first kappa shape index (κ1) is 14.8. The van der Waals surface area contributed by atoms with E-state index in [4.69, 9.17) is 9.52 Å². The maximum Gasteiger partial charge on any atom is 0.339 e. The van der Waals surface area contributed by atoms with Gasteiger partial charge in [0.25, 0.3) is 0 Å². The molecule has 3 N–H and O–H groups in total. The highest BCUT2D eigenvalue weighted by molar-refractivity contribution is 5.88. The standard InChI is InChI=1S/C13H18N2O4/c1-4-5-8(2)15-13(18)14-7-10-6-11(12(16)17)9(3)19-10/h4,6,8H,1,5,7H2,2-3H3,(H,16,17)(H2,14,15,18). The minimum absolute atomic E-state index is 0.00887. The van der Waals surface area contributed by atoms with E-state index in [0.717, 1.165) is 0 Å². The van der Waals surface area contributed by atoms with Crippen LogP contribution in [0.4, 0.5) is 4.79 Å². The number of aromatic carboxylic acids is 1. The molecule has 0 spiro atoms. The maximum atomic E-state index is 11.5. The van der Waals surface area contributed by atoms with Crippen molar-refractivity contribution in [1.82, 2.24) is 10.6 Å². The van der Waals surface area contributed by atoms with Crippen LogP contribution >= 0.6 is 0 Å². The van der Waals surface area contributed by atoms with E-state index in [1.165, 1.54) is 6.07 Å². The summed E-state index contributed by atoms with van der Waals surface area (Å²) >= 11 is 0. The number of furan rings is 1. The highest BCUT2D eigenvalue weighted by Crippen LogP contribution is 2.14. The van der Waals surface area contributed by atoms with E-state index < -0.39 is 5.97 Å². The Bertz CT molecular complexity index is 479. The Balaban J connectivity index is 2.48. The average molecular weight is 266 g/mol. The number of rotatable bonds is 6. The van der Waals surface area contributed by atoms with Crippen molar-refractivity contribution in [2.45, 2.75) is 32.9 Å². The minimum Gasteiger partial charge on any atom is -0.478 e. The second-order valence-corrected chi connectivity index (χ2v) is 4.24. The van der Waals surface area contributed by atoms with E-state index in [-0.39, 0.29) is 24.2 Å². The fraction of sp³-hybridized carbons (Fsp3) is 0.385. The molecule has 1 atom stereocenters. The molecule has 0 aliphatic rings. The zero-order chi connectivity index (χ0) is 14.4. The molecule has 0 aliphatic carbocycles. The first-order valence-corrected chi connectivity index (χ1v) is 5.92. The molecule has 6 nitrogen and oxygen atoms in total. The molecule has 104 valence electrons. The van der Waals surface area contributed by atoms with Gasteiger partial charge in [0.1, 0.15) is 17.1 Å². The maximum absolute atomic E-state index is 11.5. The molecule has 1 aromatic rings. The number of aryl methyl sites for hydroxylation is 1. The fourth-order valence-electron chi connectivity index (χ4n) is 1.59. The summed E-state index contributed by atoms with van der Waals surface area (Å²) < 4.78 is 5.24. The van der Waals surface area contributed by atoms with Crippen molar-refractivity contribution in [3.63, 3.8) is 0 Å². The average Bonchev–Trinajstić information content (AvgIpc) is 2.68. The van der Waals surface area contributed by atoms with Crippen LogP contribution in [0.15, 0.2) is 23.1 Å². The Morgan fingerprint density at radius 2 is 2.26 bits per heavy atom. The van der Waals surface area contributed by atoms with Gasteiger partial charge in [0.05, 0.1) is 6.54 Å². The van der Waals surface area contributed by atoms with Gasteiger partial charge in [-0.25, -0.2) is 9.59 Å². The topological polar surface area (TPSA) is 91.6 Å². The molecule has 1 rings (SSSR count). The fourth-order valence-corrected chi connectivity index (χ4v) is 1.59. The monoisotopic (exact) mass is 266 g/mol. The molecular formula is C13H18N2O4. The Morgan fingerprint density at radius 1 is 1.58 bits per heavy atom. The van der Waals surface area contributed by atoms with Gasteiger partial charge in [-0.15, -0.1) is 6.58 Å². The van der Waals surface area contributed by atoms with Gasteiger partial charge in [0, 0.05) is 6.04 Å². The van der Waals surface area contributed by atoms with Crippen LogP contribution in [0.3, 0.4) is 0 Å². The van der Waals surface area contributed by atoms with Crippen LogP contribution in [0.2, 0.25) is 0 Å². The van der Waals surface area contributed by atoms with Crippen LogP contribution in [-0.2, 0) is 6.54 Å². The summed E-state index contributed by atoms with van der Waals surface area (Å²) in [5, 5.41) is 14.2. The number of carboxylic acid groups (broad SMARTS) is 1. The molecule has 0 aromatic carbocycles. The van der Waals surface area contributed by atoms with Crippen LogP contribution in [0.5, 0.6) is 0 Å². The van der Waals surface area contributed by atoms with Gasteiger partial charge in [-0.1, -0.05) is 6.08 Å². The van der Waals surface area contributed by atoms with Gasteiger partial charge in [0.2, 0.25) is 0 Å². The lowest BCUT2D eigenvalue weighted by Gasteiger charge is -2.11. The summed E-state index contributed by atoms with van der Waals surface area (Å²) in [6.07, 6.45) is 2.40. The lowest BCUT2D eigenvalue weighted by molar-refractivity contribution is 0.0695. The number of hydrogen-bond acceptors (Lipinski definition) is 3. The molecule has 6 heteroatoms. The van der Waals surface area contributed by atoms with E-state index >= 15 is 0 Å². The van der Waals surface area contributed by atoms with Gasteiger partial charge in [0.15, 0.2) is 0 Å². The Morgan fingerprint density at radius 3 is 2.79 bits per heavy atom. The third-order valence-corrected chi connectivity index (χ3v) is 2.52. The van der Waals surface area contributed by atoms with Crippen LogP contribution in [0.25, 0.3) is 0 Å². The zero-order valence-electron chi connectivity index (χ0n) is 11.0. The lowest BCUT2D eigenvalue weighted by Crippen LogP contribution is -2.40. The third kappa shape index (κ3) is 4.50. The highest BCUT2D eigenvalue weighted by atomic mass is 16.4. The summed E-state index contributed by atoms with van der Waals surface area (Å²) in [5.41, 5.74) is 0.109. The number of carbonyl (C=O) groups excluding carboxylic acids is 1. The molecule has 0 fully saturated rings. The van der Waals surface area contributed by atoms with E-state index in [0.29, 0.717) is 17.9 Å². The molecule has 1 aromatic heterocycles. The summed E-state index contributed by atoms with van der Waals surface area (Å²) in [7, 11) is 0. The predicted molar refractivity (Wildman–Crippen MR) is 70.1 cm³/mol. The van der Waals surface area contributed by atoms with Crippen LogP contribution in [0, 0.1) is 6.92 Å². The number of hydrogen-bond donors (Lipinski definition) is 3.